The predicted octanol–water partition coefficient (Wildman–Crippen LogP) is 2.11. The molecule has 2 fully saturated rings. The van der Waals surface area contributed by atoms with E-state index in [0.717, 1.165) is 45.3 Å². The van der Waals surface area contributed by atoms with Crippen molar-refractivity contribution in [2.45, 2.75) is 52.0 Å². The van der Waals surface area contributed by atoms with E-state index in [1.54, 1.807) is 0 Å². The van der Waals surface area contributed by atoms with Gasteiger partial charge in [-0.3, -0.25) is 9.59 Å². The van der Waals surface area contributed by atoms with E-state index in [2.05, 4.69) is 25.2 Å². The molecule has 1 N–H and O–H groups in total. The number of nitrogens with zero attached hydrogens (tertiary/aromatic N) is 2. The summed E-state index contributed by atoms with van der Waals surface area (Å²) in [5.74, 6) is 0.422. The zero-order valence-corrected chi connectivity index (χ0v) is 16.2. The van der Waals surface area contributed by atoms with Gasteiger partial charge < -0.3 is 15.1 Å². The van der Waals surface area contributed by atoms with Crippen molar-refractivity contribution in [3.8, 4) is 0 Å². The van der Waals surface area contributed by atoms with Gasteiger partial charge in [-0.15, -0.1) is 11.3 Å². The summed E-state index contributed by atoms with van der Waals surface area (Å²) < 4.78 is 0. The van der Waals surface area contributed by atoms with Gasteiger partial charge in [-0.1, -0.05) is 0 Å². The molecule has 3 rings (SSSR count). The van der Waals surface area contributed by atoms with Gasteiger partial charge in [-0.05, 0) is 51.2 Å². The molecule has 0 aliphatic carbocycles. The number of carbonyl (C=O) groups excluding carboxylic acids is 2. The van der Waals surface area contributed by atoms with Crippen LogP contribution in [0.25, 0.3) is 0 Å². The maximum Gasteiger partial charge on any atom is 0.236 e. The molecule has 0 aromatic carbocycles. The summed E-state index contributed by atoms with van der Waals surface area (Å²) in [6, 6.07) is 2.45. The molecule has 2 aliphatic rings. The first-order valence-corrected chi connectivity index (χ1v) is 10.2. The lowest BCUT2D eigenvalue weighted by atomic mass is 10.0. The normalized spacial score (nSPS) is 21.7. The largest absolute Gasteiger partial charge is 0.341 e. The van der Waals surface area contributed by atoms with E-state index in [4.69, 9.17) is 0 Å². The second kappa shape index (κ2) is 8.32. The molecule has 5 nitrogen and oxygen atoms in total. The van der Waals surface area contributed by atoms with Gasteiger partial charge in [0, 0.05) is 48.4 Å². The molecule has 1 aromatic rings. The van der Waals surface area contributed by atoms with Gasteiger partial charge in [0.05, 0.1) is 6.54 Å². The van der Waals surface area contributed by atoms with E-state index in [9.17, 15) is 9.59 Å². The van der Waals surface area contributed by atoms with E-state index >= 15 is 0 Å². The zero-order chi connectivity index (χ0) is 17.8. The fourth-order valence-electron chi connectivity index (χ4n) is 3.96. The highest BCUT2D eigenvalue weighted by molar-refractivity contribution is 7.12. The topological polar surface area (TPSA) is 52.7 Å². The lowest BCUT2D eigenvalue weighted by Gasteiger charge is -2.41. The minimum absolute atomic E-state index is 0.175. The fraction of sp³-hybridized carbons (Fsp3) is 0.684. The Morgan fingerprint density at radius 3 is 2.92 bits per heavy atom. The molecule has 1 atom stereocenters. The Bertz CT molecular complexity index is 628. The van der Waals surface area contributed by atoms with Gasteiger partial charge in [0.25, 0.3) is 0 Å². The van der Waals surface area contributed by atoms with Crippen LogP contribution in [0, 0.1) is 13.8 Å². The van der Waals surface area contributed by atoms with Crippen LogP contribution in [0.5, 0.6) is 0 Å². The Labute approximate surface area is 154 Å². The number of rotatable bonds is 5. The number of thiophene rings is 1. The van der Waals surface area contributed by atoms with Crippen LogP contribution in [-0.2, 0) is 16.0 Å². The zero-order valence-electron chi connectivity index (χ0n) is 15.3. The van der Waals surface area contributed by atoms with Crippen molar-refractivity contribution in [2.24, 2.45) is 0 Å². The molecule has 0 radical (unpaired) electrons. The van der Waals surface area contributed by atoms with E-state index in [0.29, 0.717) is 19.5 Å². The van der Waals surface area contributed by atoms with E-state index in [1.807, 2.05) is 21.1 Å². The molecule has 2 saturated heterocycles. The maximum absolute atomic E-state index is 12.6. The van der Waals surface area contributed by atoms with Crippen molar-refractivity contribution in [1.82, 2.24) is 15.1 Å². The van der Waals surface area contributed by atoms with Crippen LogP contribution < -0.4 is 5.32 Å². The molecular weight excluding hydrogens is 334 g/mol. The van der Waals surface area contributed by atoms with E-state index in [1.165, 1.54) is 15.3 Å². The third kappa shape index (κ3) is 4.61. The van der Waals surface area contributed by atoms with Crippen LogP contribution in [0.2, 0.25) is 0 Å². The number of carbonyl (C=O) groups is 2. The van der Waals surface area contributed by atoms with Crippen molar-refractivity contribution in [2.75, 3.05) is 32.7 Å². The Morgan fingerprint density at radius 1 is 1.36 bits per heavy atom. The summed E-state index contributed by atoms with van der Waals surface area (Å²) in [6.07, 6.45) is 4.51. The number of piperidine rings is 1. The maximum atomic E-state index is 12.6. The lowest BCUT2D eigenvalue weighted by Crippen LogP contribution is -2.57. The Hall–Kier alpha value is -1.40. The van der Waals surface area contributed by atoms with Gasteiger partial charge in [-0.25, -0.2) is 0 Å². The fourth-order valence-corrected chi connectivity index (χ4v) is 4.94. The second-order valence-electron chi connectivity index (χ2n) is 7.19. The third-order valence-corrected chi connectivity index (χ3v) is 6.30. The van der Waals surface area contributed by atoms with Crippen molar-refractivity contribution in [3.05, 3.63) is 21.4 Å². The molecule has 1 aromatic heterocycles. The SMILES string of the molecule is Cc1cc(CCCC(=O)N2CCCC(N3CCNCC3=O)C2)c(C)s1. The third-order valence-electron chi connectivity index (χ3n) is 5.30. The average Bonchev–Trinajstić information content (AvgIpc) is 2.93. The first-order valence-electron chi connectivity index (χ1n) is 9.38. The van der Waals surface area contributed by atoms with Crippen LogP contribution in [0.4, 0.5) is 0 Å². The highest BCUT2D eigenvalue weighted by Crippen LogP contribution is 2.23. The molecular formula is C19H29N3O2S. The van der Waals surface area contributed by atoms with E-state index in [-0.39, 0.29) is 17.9 Å². The number of nitrogens with one attached hydrogen (secondary N) is 1. The summed E-state index contributed by atoms with van der Waals surface area (Å²) >= 11 is 1.83. The number of aryl methyl sites for hydroxylation is 3. The Kier molecular flexibility index (Phi) is 6.12. The number of amides is 2. The van der Waals surface area contributed by atoms with Crippen LogP contribution >= 0.6 is 11.3 Å². The Morgan fingerprint density at radius 2 is 2.20 bits per heavy atom. The summed E-state index contributed by atoms with van der Waals surface area (Å²) in [5, 5.41) is 3.12. The van der Waals surface area contributed by atoms with Crippen LogP contribution in [0.1, 0.15) is 41.0 Å². The molecule has 138 valence electrons. The average molecular weight is 364 g/mol. The molecule has 1 unspecified atom stereocenters. The lowest BCUT2D eigenvalue weighted by molar-refractivity contribution is -0.140. The number of likely N-dealkylation sites (tertiary alicyclic amines) is 1. The highest BCUT2D eigenvalue weighted by atomic mass is 32.1. The first kappa shape index (κ1) is 18.4. The molecule has 0 bridgehead atoms. The molecule has 2 aliphatic heterocycles. The van der Waals surface area contributed by atoms with Gasteiger partial charge in [0.15, 0.2) is 0 Å². The smallest absolute Gasteiger partial charge is 0.236 e. The van der Waals surface area contributed by atoms with Crippen LogP contribution in [0.15, 0.2) is 6.07 Å². The van der Waals surface area contributed by atoms with Crippen molar-refractivity contribution in [1.29, 1.82) is 0 Å². The standard InChI is InChI=1S/C19H29N3O2S/c1-14-11-16(15(2)25-14)5-3-7-18(23)21-9-4-6-17(13-21)22-10-8-20-12-19(22)24/h11,17,20H,3-10,12-13H2,1-2H3. The van der Waals surface area contributed by atoms with Crippen LogP contribution in [-0.4, -0.2) is 60.4 Å². The molecule has 0 spiro atoms. The molecule has 6 heteroatoms. The predicted molar refractivity (Wildman–Crippen MR) is 101 cm³/mol. The minimum Gasteiger partial charge on any atom is -0.341 e. The van der Waals surface area contributed by atoms with Gasteiger partial charge in [0.1, 0.15) is 0 Å². The Balaban J connectivity index is 1.48. The van der Waals surface area contributed by atoms with Gasteiger partial charge >= 0.3 is 0 Å². The summed E-state index contributed by atoms with van der Waals surface area (Å²) in [5.41, 5.74) is 1.39. The summed E-state index contributed by atoms with van der Waals surface area (Å²) in [6.45, 7) is 7.90. The van der Waals surface area contributed by atoms with Gasteiger partial charge in [0.2, 0.25) is 11.8 Å². The molecule has 2 amide bonds. The monoisotopic (exact) mass is 363 g/mol. The van der Waals surface area contributed by atoms with Crippen molar-refractivity contribution >= 4 is 23.2 Å². The molecule has 3 heterocycles. The van der Waals surface area contributed by atoms with Gasteiger partial charge in [-0.2, -0.15) is 0 Å². The number of hydrogen-bond donors (Lipinski definition) is 1. The molecule has 0 saturated carbocycles. The van der Waals surface area contributed by atoms with Crippen LogP contribution in [0.3, 0.4) is 0 Å². The van der Waals surface area contributed by atoms with Crippen molar-refractivity contribution in [3.63, 3.8) is 0 Å². The quantitative estimate of drug-likeness (QED) is 0.872. The molecule has 25 heavy (non-hydrogen) atoms. The summed E-state index contributed by atoms with van der Waals surface area (Å²) in [7, 11) is 0. The van der Waals surface area contributed by atoms with Crippen molar-refractivity contribution < 1.29 is 9.59 Å². The minimum atomic E-state index is 0.175. The number of hydrogen-bond acceptors (Lipinski definition) is 4. The highest BCUT2D eigenvalue weighted by Gasteiger charge is 2.31. The number of piperazine rings is 1. The second-order valence-corrected chi connectivity index (χ2v) is 8.65. The summed E-state index contributed by atoms with van der Waals surface area (Å²) in [4.78, 5) is 31.4. The first-order chi connectivity index (χ1) is 12.0. The van der Waals surface area contributed by atoms with E-state index < -0.39 is 0 Å².